The Balaban J connectivity index is 1.98. The summed E-state index contributed by atoms with van der Waals surface area (Å²) >= 11 is 2.28. The van der Waals surface area contributed by atoms with Gasteiger partial charge in [-0.05, 0) is 6.08 Å². The first-order valence-corrected chi connectivity index (χ1v) is 6.06. The molecular weight excluding hydrogens is 313 g/mol. The average molecular weight is 323 g/mol. The molecule has 1 aromatic carbocycles. The van der Waals surface area contributed by atoms with E-state index >= 15 is 0 Å². The highest BCUT2D eigenvalue weighted by Gasteiger charge is 2.22. The molecule has 3 nitrogen and oxygen atoms in total. The number of hydrogen-bond acceptors (Lipinski definition) is 3. The molecule has 2 aliphatic heterocycles. The summed E-state index contributed by atoms with van der Waals surface area (Å²) in [7, 11) is 0. The molecule has 0 spiro atoms. The van der Waals surface area contributed by atoms with Crippen LogP contribution in [0.4, 0.5) is 0 Å². The second-order valence-electron chi connectivity index (χ2n) is 3.64. The molecule has 0 aliphatic carbocycles. The average Bonchev–Trinajstić information content (AvgIpc) is 2.72. The van der Waals surface area contributed by atoms with E-state index in [2.05, 4.69) is 54.5 Å². The number of fused-ring (bicyclic) bond motifs is 1. The predicted octanol–water partition coefficient (Wildman–Crippen LogP) is 2.54. The molecule has 4 heteroatoms. The number of nitrogens with zero attached hydrogens (tertiary/aromatic N) is 2. The zero-order chi connectivity index (χ0) is 11.0. The number of aliphatic imine (C=N–C) groups is 1. The van der Waals surface area contributed by atoms with Gasteiger partial charge in [-0.1, -0.05) is 30.3 Å². The molecule has 0 fully saturated rings. The van der Waals surface area contributed by atoms with Crippen molar-refractivity contribution in [3.05, 3.63) is 53.9 Å². The standard InChI is InChI=1S/C12H10IN3/c13-16-7-6-10-12(16)15-11(8-14-10)9-4-2-1-3-5-9/h1-6,8,14H,7H2. The highest BCUT2D eigenvalue weighted by molar-refractivity contribution is 14.1. The van der Waals surface area contributed by atoms with Gasteiger partial charge in [-0.25, -0.2) is 4.99 Å². The molecule has 0 saturated heterocycles. The van der Waals surface area contributed by atoms with Gasteiger partial charge in [0.25, 0.3) is 0 Å². The van der Waals surface area contributed by atoms with Crippen LogP contribution in [-0.2, 0) is 0 Å². The van der Waals surface area contributed by atoms with Crippen LogP contribution in [0.1, 0.15) is 5.56 Å². The van der Waals surface area contributed by atoms with E-state index in [0.29, 0.717) is 0 Å². The summed E-state index contributed by atoms with van der Waals surface area (Å²) in [5, 5.41) is 3.28. The fraction of sp³-hybridized carbons (Fsp3) is 0.0833. The maximum Gasteiger partial charge on any atom is 0.161 e. The minimum Gasteiger partial charge on any atom is -0.357 e. The molecule has 16 heavy (non-hydrogen) atoms. The molecule has 0 unspecified atom stereocenters. The molecule has 0 aromatic heterocycles. The Bertz CT molecular complexity index is 502. The first-order chi connectivity index (χ1) is 7.84. The molecule has 80 valence electrons. The lowest BCUT2D eigenvalue weighted by molar-refractivity contribution is 0.838. The number of halogens is 1. The number of hydrogen-bond donors (Lipinski definition) is 1. The minimum atomic E-state index is 0.914. The van der Waals surface area contributed by atoms with Crippen molar-refractivity contribution in [3.63, 3.8) is 0 Å². The van der Waals surface area contributed by atoms with Crippen LogP contribution >= 0.6 is 22.9 Å². The molecule has 2 heterocycles. The maximum atomic E-state index is 4.66. The summed E-state index contributed by atoms with van der Waals surface area (Å²) in [6, 6.07) is 10.2. The summed E-state index contributed by atoms with van der Waals surface area (Å²) in [4.78, 5) is 4.66. The number of nitrogens with one attached hydrogen (secondary N) is 1. The molecule has 3 rings (SSSR count). The Morgan fingerprint density at radius 3 is 2.88 bits per heavy atom. The van der Waals surface area contributed by atoms with E-state index < -0.39 is 0 Å². The van der Waals surface area contributed by atoms with E-state index in [0.717, 1.165) is 29.3 Å². The van der Waals surface area contributed by atoms with Gasteiger partial charge in [-0.15, -0.1) is 0 Å². The lowest BCUT2D eigenvalue weighted by Crippen LogP contribution is -2.24. The number of rotatable bonds is 1. The van der Waals surface area contributed by atoms with Crippen molar-refractivity contribution < 1.29 is 0 Å². The molecule has 1 N–H and O–H groups in total. The Morgan fingerprint density at radius 2 is 2.06 bits per heavy atom. The van der Waals surface area contributed by atoms with Crippen LogP contribution in [0.2, 0.25) is 0 Å². The van der Waals surface area contributed by atoms with Gasteiger partial charge >= 0.3 is 0 Å². The van der Waals surface area contributed by atoms with Gasteiger partial charge < -0.3 is 5.32 Å². The maximum absolute atomic E-state index is 4.66. The van der Waals surface area contributed by atoms with Crippen LogP contribution < -0.4 is 5.32 Å². The quantitative estimate of drug-likeness (QED) is 0.635. The fourth-order valence-corrected chi connectivity index (χ4v) is 2.33. The minimum absolute atomic E-state index is 0.914. The smallest absolute Gasteiger partial charge is 0.161 e. The summed E-state index contributed by atoms with van der Waals surface area (Å²) in [6.45, 7) is 0.914. The van der Waals surface area contributed by atoms with Gasteiger partial charge in [0.05, 0.1) is 40.8 Å². The topological polar surface area (TPSA) is 27.6 Å². The second kappa shape index (κ2) is 3.93. The highest BCUT2D eigenvalue weighted by Crippen LogP contribution is 2.24. The molecule has 0 atom stereocenters. The van der Waals surface area contributed by atoms with E-state index in [1.807, 2.05) is 24.4 Å². The lowest BCUT2D eigenvalue weighted by Gasteiger charge is -2.17. The zero-order valence-corrected chi connectivity index (χ0v) is 10.7. The van der Waals surface area contributed by atoms with Gasteiger partial charge in [-0.2, -0.15) is 0 Å². The Morgan fingerprint density at radius 1 is 1.25 bits per heavy atom. The first kappa shape index (κ1) is 9.89. The Labute approximate surface area is 108 Å². The van der Waals surface area contributed by atoms with E-state index in [1.165, 1.54) is 0 Å². The lowest BCUT2D eigenvalue weighted by atomic mass is 10.1. The molecule has 0 amide bonds. The fourth-order valence-electron chi connectivity index (χ4n) is 1.77. The van der Waals surface area contributed by atoms with E-state index in [1.54, 1.807) is 0 Å². The van der Waals surface area contributed by atoms with Crippen molar-refractivity contribution in [3.8, 4) is 0 Å². The SMILES string of the molecule is IN1CC=C2NC=C(c3ccccc3)N=C21. The van der Waals surface area contributed by atoms with Crippen LogP contribution in [0.3, 0.4) is 0 Å². The predicted molar refractivity (Wildman–Crippen MR) is 73.8 cm³/mol. The van der Waals surface area contributed by atoms with Crippen LogP contribution in [0.5, 0.6) is 0 Å². The monoisotopic (exact) mass is 323 g/mol. The van der Waals surface area contributed by atoms with E-state index in [4.69, 9.17) is 0 Å². The Kier molecular flexibility index (Phi) is 2.43. The Hall–Kier alpha value is -1.30. The van der Waals surface area contributed by atoms with Crippen molar-refractivity contribution in [2.75, 3.05) is 6.54 Å². The molecular formula is C12H10IN3. The van der Waals surface area contributed by atoms with Gasteiger partial charge in [0, 0.05) is 11.8 Å². The van der Waals surface area contributed by atoms with Gasteiger partial charge in [0.15, 0.2) is 5.84 Å². The van der Waals surface area contributed by atoms with Gasteiger partial charge in [-0.3, -0.25) is 3.11 Å². The van der Waals surface area contributed by atoms with Crippen molar-refractivity contribution in [2.24, 2.45) is 4.99 Å². The van der Waals surface area contributed by atoms with Crippen molar-refractivity contribution in [1.29, 1.82) is 0 Å². The van der Waals surface area contributed by atoms with Crippen molar-refractivity contribution in [2.45, 2.75) is 0 Å². The van der Waals surface area contributed by atoms with Crippen molar-refractivity contribution >= 4 is 34.4 Å². The molecule has 1 aromatic rings. The summed E-state index contributed by atoms with van der Waals surface area (Å²) in [5.41, 5.74) is 3.23. The van der Waals surface area contributed by atoms with Crippen LogP contribution in [0.25, 0.3) is 5.70 Å². The third kappa shape index (κ3) is 1.63. The molecule has 0 radical (unpaired) electrons. The zero-order valence-electron chi connectivity index (χ0n) is 8.52. The normalized spacial score (nSPS) is 18.3. The summed E-state index contributed by atoms with van der Waals surface area (Å²) in [6.07, 6.45) is 4.10. The van der Waals surface area contributed by atoms with Crippen LogP contribution in [0, 0.1) is 0 Å². The summed E-state index contributed by atoms with van der Waals surface area (Å²) < 4.78 is 2.11. The highest BCUT2D eigenvalue weighted by atomic mass is 127. The number of amidine groups is 1. The third-order valence-corrected chi connectivity index (χ3v) is 3.44. The molecule has 0 saturated carbocycles. The summed E-state index contributed by atoms with van der Waals surface area (Å²) in [5.74, 6) is 1.02. The first-order valence-electron chi connectivity index (χ1n) is 5.09. The largest absolute Gasteiger partial charge is 0.357 e. The third-order valence-electron chi connectivity index (χ3n) is 2.59. The van der Waals surface area contributed by atoms with Crippen molar-refractivity contribution in [1.82, 2.24) is 8.43 Å². The van der Waals surface area contributed by atoms with Gasteiger partial charge in [0.2, 0.25) is 0 Å². The molecule has 0 bridgehead atoms. The van der Waals surface area contributed by atoms with Crippen LogP contribution in [0.15, 0.2) is 53.3 Å². The van der Waals surface area contributed by atoms with Gasteiger partial charge in [0.1, 0.15) is 0 Å². The molecule has 2 aliphatic rings. The van der Waals surface area contributed by atoms with Crippen LogP contribution in [-0.4, -0.2) is 15.5 Å². The van der Waals surface area contributed by atoms with E-state index in [9.17, 15) is 0 Å². The second-order valence-corrected chi connectivity index (χ2v) is 4.80. The number of benzene rings is 1. The van der Waals surface area contributed by atoms with E-state index in [-0.39, 0.29) is 0 Å².